The zero-order valence-corrected chi connectivity index (χ0v) is 14.3. The highest BCUT2D eigenvalue weighted by Crippen LogP contribution is 2.32. The van der Waals surface area contributed by atoms with E-state index in [9.17, 15) is 0 Å². The number of aryl methyl sites for hydroxylation is 3. The third-order valence-corrected chi connectivity index (χ3v) is 4.87. The molecule has 1 aliphatic heterocycles. The fourth-order valence-electron chi connectivity index (χ4n) is 3.39. The van der Waals surface area contributed by atoms with E-state index >= 15 is 0 Å². The molecule has 0 spiro atoms. The molecule has 23 heavy (non-hydrogen) atoms. The molecule has 0 radical (unpaired) electrons. The van der Waals surface area contributed by atoms with Crippen molar-refractivity contribution in [3.63, 3.8) is 0 Å². The number of nitrogens with two attached hydrogens (primary N) is 1. The van der Waals surface area contributed by atoms with Crippen molar-refractivity contribution in [2.45, 2.75) is 52.5 Å². The highest BCUT2D eigenvalue weighted by atomic mass is 16.5. The monoisotopic (exact) mass is 314 g/mol. The molecule has 0 amide bonds. The molecule has 3 rings (SSSR count). The number of nitrogen functional groups attached to an aromatic ring is 1. The van der Waals surface area contributed by atoms with Crippen molar-refractivity contribution in [2.24, 2.45) is 0 Å². The van der Waals surface area contributed by atoms with Crippen LogP contribution in [0.25, 0.3) is 0 Å². The Kier molecular flexibility index (Phi) is 4.66. The fraction of sp³-hybridized carbons (Fsp3) is 0.556. The van der Waals surface area contributed by atoms with Gasteiger partial charge < -0.3 is 10.3 Å². The number of benzene rings is 1. The van der Waals surface area contributed by atoms with Gasteiger partial charge in [0, 0.05) is 12.1 Å². The summed E-state index contributed by atoms with van der Waals surface area (Å²) in [6, 6.07) is 4.39. The van der Waals surface area contributed by atoms with Crippen LogP contribution in [0.2, 0.25) is 0 Å². The van der Waals surface area contributed by atoms with Crippen molar-refractivity contribution in [3.8, 4) is 0 Å². The lowest BCUT2D eigenvalue weighted by molar-refractivity contribution is 0.180. The molecule has 124 valence electrons. The highest BCUT2D eigenvalue weighted by Gasteiger charge is 2.23. The van der Waals surface area contributed by atoms with Gasteiger partial charge in [0.1, 0.15) is 0 Å². The molecule has 1 saturated heterocycles. The summed E-state index contributed by atoms with van der Waals surface area (Å²) in [7, 11) is 0. The van der Waals surface area contributed by atoms with Gasteiger partial charge in [-0.25, -0.2) is 0 Å². The van der Waals surface area contributed by atoms with Crippen LogP contribution in [0.3, 0.4) is 0 Å². The van der Waals surface area contributed by atoms with Crippen LogP contribution >= 0.6 is 0 Å². The van der Waals surface area contributed by atoms with Crippen LogP contribution in [0.4, 0.5) is 5.69 Å². The van der Waals surface area contributed by atoms with Crippen LogP contribution < -0.4 is 5.73 Å². The Labute approximate surface area is 137 Å². The first-order valence-electron chi connectivity index (χ1n) is 8.47. The molecule has 2 N–H and O–H groups in total. The van der Waals surface area contributed by atoms with Crippen molar-refractivity contribution < 1.29 is 4.52 Å². The van der Waals surface area contributed by atoms with Gasteiger partial charge in [-0.1, -0.05) is 18.1 Å². The van der Waals surface area contributed by atoms with Gasteiger partial charge in [0.2, 0.25) is 5.89 Å². The zero-order chi connectivity index (χ0) is 16.4. The van der Waals surface area contributed by atoms with Gasteiger partial charge >= 0.3 is 0 Å². The number of likely N-dealkylation sites (tertiary alicyclic amines) is 1. The van der Waals surface area contributed by atoms with E-state index in [0.29, 0.717) is 5.92 Å². The Morgan fingerprint density at radius 1 is 1.22 bits per heavy atom. The number of piperidine rings is 1. The SMILES string of the molecule is CCc1noc(CN2CCC(c3cc(C)c(N)cc3C)CC2)n1. The lowest BCUT2D eigenvalue weighted by atomic mass is 9.85. The van der Waals surface area contributed by atoms with E-state index in [-0.39, 0.29) is 0 Å². The molecule has 0 aliphatic carbocycles. The molecule has 2 heterocycles. The van der Waals surface area contributed by atoms with E-state index in [1.54, 1.807) is 0 Å². The molecule has 5 heteroatoms. The minimum absolute atomic E-state index is 0.624. The summed E-state index contributed by atoms with van der Waals surface area (Å²) in [5.41, 5.74) is 10.9. The van der Waals surface area contributed by atoms with Crippen LogP contribution in [-0.4, -0.2) is 28.1 Å². The summed E-state index contributed by atoms with van der Waals surface area (Å²) in [6.07, 6.45) is 3.15. The molecule has 1 aromatic heterocycles. The Morgan fingerprint density at radius 2 is 1.96 bits per heavy atom. The largest absolute Gasteiger partial charge is 0.399 e. The second-order valence-electron chi connectivity index (χ2n) is 6.57. The molecule has 0 atom stereocenters. The molecule has 0 unspecified atom stereocenters. The van der Waals surface area contributed by atoms with Crippen LogP contribution in [-0.2, 0) is 13.0 Å². The molecule has 1 aliphatic rings. The Balaban J connectivity index is 1.61. The topological polar surface area (TPSA) is 68.2 Å². The summed E-state index contributed by atoms with van der Waals surface area (Å²) >= 11 is 0. The summed E-state index contributed by atoms with van der Waals surface area (Å²) in [5, 5.41) is 3.97. The van der Waals surface area contributed by atoms with Gasteiger partial charge in [0.25, 0.3) is 0 Å². The second kappa shape index (κ2) is 6.71. The quantitative estimate of drug-likeness (QED) is 0.878. The summed E-state index contributed by atoms with van der Waals surface area (Å²) in [5.74, 6) is 2.15. The molecule has 1 fully saturated rings. The molecular formula is C18H26N4O. The van der Waals surface area contributed by atoms with E-state index in [4.69, 9.17) is 10.3 Å². The third-order valence-electron chi connectivity index (χ3n) is 4.87. The van der Waals surface area contributed by atoms with Crippen molar-refractivity contribution in [1.29, 1.82) is 0 Å². The number of hydrogen-bond acceptors (Lipinski definition) is 5. The van der Waals surface area contributed by atoms with E-state index in [2.05, 4.69) is 41.0 Å². The highest BCUT2D eigenvalue weighted by molar-refractivity contribution is 5.52. The van der Waals surface area contributed by atoms with Crippen molar-refractivity contribution in [3.05, 3.63) is 40.5 Å². The van der Waals surface area contributed by atoms with Gasteiger partial charge in [-0.05, 0) is 68.5 Å². The second-order valence-corrected chi connectivity index (χ2v) is 6.57. The first-order valence-corrected chi connectivity index (χ1v) is 8.47. The number of hydrogen-bond donors (Lipinski definition) is 1. The number of nitrogens with zero attached hydrogens (tertiary/aromatic N) is 3. The standard InChI is InChI=1S/C18H26N4O/c1-4-17-20-18(23-21-17)11-22-7-5-14(6-8-22)15-9-13(3)16(19)10-12(15)2/h9-10,14H,4-8,11,19H2,1-3H3. The van der Waals surface area contributed by atoms with Gasteiger partial charge in [-0.2, -0.15) is 4.98 Å². The fourth-order valence-corrected chi connectivity index (χ4v) is 3.39. The average Bonchev–Trinajstić information content (AvgIpc) is 2.99. The normalized spacial score (nSPS) is 16.8. The Hall–Kier alpha value is -1.88. The maximum atomic E-state index is 6.01. The molecule has 0 bridgehead atoms. The van der Waals surface area contributed by atoms with Gasteiger partial charge in [0.15, 0.2) is 5.82 Å². The lowest BCUT2D eigenvalue weighted by Gasteiger charge is -2.32. The van der Waals surface area contributed by atoms with E-state index in [0.717, 1.165) is 43.5 Å². The number of aromatic nitrogens is 2. The third kappa shape index (κ3) is 3.55. The molecule has 2 aromatic rings. The minimum Gasteiger partial charge on any atom is -0.399 e. The van der Waals surface area contributed by atoms with Crippen LogP contribution in [0.15, 0.2) is 16.7 Å². The van der Waals surface area contributed by atoms with Crippen LogP contribution in [0.5, 0.6) is 0 Å². The molecular weight excluding hydrogens is 288 g/mol. The maximum absolute atomic E-state index is 6.01. The summed E-state index contributed by atoms with van der Waals surface area (Å²) in [6.45, 7) is 9.20. The predicted molar refractivity (Wildman–Crippen MR) is 91.3 cm³/mol. The number of rotatable bonds is 4. The Morgan fingerprint density at radius 3 is 2.61 bits per heavy atom. The summed E-state index contributed by atoms with van der Waals surface area (Å²) < 4.78 is 5.30. The van der Waals surface area contributed by atoms with Gasteiger partial charge in [0.05, 0.1) is 6.54 Å². The molecule has 0 saturated carbocycles. The predicted octanol–water partition coefficient (Wildman–Crippen LogP) is 3.21. The van der Waals surface area contributed by atoms with E-state index in [1.165, 1.54) is 29.5 Å². The van der Waals surface area contributed by atoms with Crippen molar-refractivity contribution >= 4 is 5.69 Å². The van der Waals surface area contributed by atoms with Crippen LogP contribution in [0, 0.1) is 13.8 Å². The zero-order valence-electron chi connectivity index (χ0n) is 14.3. The Bertz CT molecular complexity index is 672. The van der Waals surface area contributed by atoms with Crippen molar-refractivity contribution in [2.75, 3.05) is 18.8 Å². The first-order chi connectivity index (χ1) is 11.1. The molecule has 5 nitrogen and oxygen atoms in total. The van der Waals surface area contributed by atoms with Gasteiger partial charge in [-0.15, -0.1) is 0 Å². The lowest BCUT2D eigenvalue weighted by Crippen LogP contribution is -2.32. The molecule has 1 aromatic carbocycles. The summed E-state index contributed by atoms with van der Waals surface area (Å²) in [4.78, 5) is 6.81. The van der Waals surface area contributed by atoms with Crippen molar-refractivity contribution in [1.82, 2.24) is 15.0 Å². The maximum Gasteiger partial charge on any atom is 0.240 e. The van der Waals surface area contributed by atoms with Gasteiger partial charge in [-0.3, -0.25) is 4.90 Å². The van der Waals surface area contributed by atoms with E-state index in [1.807, 2.05) is 6.92 Å². The minimum atomic E-state index is 0.624. The number of anilines is 1. The first kappa shape index (κ1) is 16.0. The van der Waals surface area contributed by atoms with Crippen LogP contribution in [0.1, 0.15) is 54.1 Å². The van der Waals surface area contributed by atoms with E-state index < -0.39 is 0 Å². The average molecular weight is 314 g/mol. The smallest absolute Gasteiger partial charge is 0.240 e.